The summed E-state index contributed by atoms with van der Waals surface area (Å²) in [5, 5.41) is 0. The molecule has 0 aliphatic carbocycles. The second kappa shape index (κ2) is 3.60. The number of likely N-dealkylation sites (tertiary alicyclic amines) is 1. The molecule has 0 saturated carbocycles. The third kappa shape index (κ3) is 1.67. The molecule has 3 heterocycles. The Balaban J connectivity index is 2.01. The third-order valence-electron chi connectivity index (χ3n) is 3.28. The van der Waals surface area contributed by atoms with Crippen molar-refractivity contribution in [3.05, 3.63) is 23.9 Å². The van der Waals surface area contributed by atoms with E-state index >= 15 is 0 Å². The van der Waals surface area contributed by atoms with Crippen LogP contribution in [-0.4, -0.2) is 28.8 Å². The molecule has 1 saturated heterocycles. The van der Waals surface area contributed by atoms with Gasteiger partial charge in [-0.2, -0.15) is 13.2 Å². The summed E-state index contributed by atoms with van der Waals surface area (Å²) in [4.78, 5) is 4.55. The van der Waals surface area contributed by atoms with Gasteiger partial charge in [-0.3, -0.25) is 0 Å². The minimum absolute atomic E-state index is 0.0301. The number of nitrogens with zero attached hydrogens (tertiary/aromatic N) is 2. The number of hydrogen-bond donors (Lipinski definition) is 0. The molecule has 0 amide bonds. The number of pyridine rings is 1. The fourth-order valence-corrected chi connectivity index (χ4v) is 2.61. The fourth-order valence-electron chi connectivity index (χ4n) is 2.61. The second-order valence-electron chi connectivity index (χ2n) is 4.30. The van der Waals surface area contributed by atoms with Gasteiger partial charge in [0.15, 0.2) is 0 Å². The topological polar surface area (TPSA) is 25.4 Å². The zero-order valence-corrected chi connectivity index (χ0v) is 8.94. The fraction of sp³-hybridized carbons (Fsp3) is 0.545. The van der Waals surface area contributed by atoms with Crippen LogP contribution in [0.25, 0.3) is 0 Å². The summed E-state index contributed by atoms with van der Waals surface area (Å²) in [7, 11) is 0. The Labute approximate surface area is 96.2 Å². The first-order valence-electron chi connectivity index (χ1n) is 5.52. The SMILES string of the molecule is FC(F)(F)N1CCCC2Oc3ncccc3C21. The molecule has 2 unspecified atom stereocenters. The lowest BCUT2D eigenvalue weighted by molar-refractivity contribution is -0.271. The lowest BCUT2D eigenvalue weighted by atomic mass is 9.96. The number of alkyl halides is 3. The molecule has 17 heavy (non-hydrogen) atoms. The molecule has 1 aromatic rings. The van der Waals surface area contributed by atoms with Gasteiger partial charge in [0.25, 0.3) is 0 Å². The predicted octanol–water partition coefficient (Wildman–Crippen LogP) is 2.50. The number of rotatable bonds is 0. The summed E-state index contributed by atoms with van der Waals surface area (Å²) >= 11 is 0. The largest absolute Gasteiger partial charge is 0.472 e. The van der Waals surface area contributed by atoms with Crippen LogP contribution in [0.3, 0.4) is 0 Å². The molecule has 1 aromatic heterocycles. The van der Waals surface area contributed by atoms with Gasteiger partial charge in [0, 0.05) is 18.3 Å². The van der Waals surface area contributed by atoms with E-state index < -0.39 is 18.4 Å². The molecule has 6 heteroatoms. The quantitative estimate of drug-likeness (QED) is 0.656. The van der Waals surface area contributed by atoms with Crippen LogP contribution < -0.4 is 4.74 Å². The number of hydrogen-bond acceptors (Lipinski definition) is 3. The smallest absolute Gasteiger partial charge is 0.460 e. The number of piperidine rings is 1. The first-order chi connectivity index (χ1) is 8.07. The van der Waals surface area contributed by atoms with Crippen LogP contribution >= 0.6 is 0 Å². The summed E-state index contributed by atoms with van der Waals surface area (Å²) < 4.78 is 44.3. The molecule has 0 aromatic carbocycles. The minimum atomic E-state index is -4.32. The first kappa shape index (κ1) is 10.8. The van der Waals surface area contributed by atoms with Gasteiger partial charge < -0.3 is 4.74 Å². The van der Waals surface area contributed by atoms with Gasteiger partial charge in [-0.05, 0) is 18.9 Å². The average Bonchev–Trinajstić information content (AvgIpc) is 2.65. The molecule has 0 radical (unpaired) electrons. The molecule has 2 atom stereocenters. The molecule has 2 aliphatic rings. The second-order valence-corrected chi connectivity index (χ2v) is 4.30. The van der Waals surface area contributed by atoms with Crippen LogP contribution in [0, 0.1) is 0 Å². The van der Waals surface area contributed by atoms with E-state index in [-0.39, 0.29) is 6.54 Å². The Morgan fingerprint density at radius 2 is 2.24 bits per heavy atom. The predicted molar refractivity (Wildman–Crippen MR) is 53.4 cm³/mol. The van der Waals surface area contributed by atoms with E-state index in [4.69, 9.17) is 4.74 Å². The maximum atomic E-state index is 12.9. The molecule has 92 valence electrons. The van der Waals surface area contributed by atoms with E-state index in [0.717, 1.165) is 0 Å². The van der Waals surface area contributed by atoms with Crippen LogP contribution in [0.1, 0.15) is 24.4 Å². The Morgan fingerprint density at radius 1 is 1.41 bits per heavy atom. The first-order valence-corrected chi connectivity index (χ1v) is 5.52. The highest BCUT2D eigenvalue weighted by atomic mass is 19.4. The molecule has 0 spiro atoms. The van der Waals surface area contributed by atoms with E-state index in [1.807, 2.05) is 0 Å². The summed E-state index contributed by atoms with van der Waals surface area (Å²) in [6, 6.07) is 2.58. The lowest BCUT2D eigenvalue weighted by Crippen LogP contribution is -2.48. The van der Waals surface area contributed by atoms with Crippen LogP contribution in [0.4, 0.5) is 13.2 Å². The van der Waals surface area contributed by atoms with Crippen molar-refractivity contribution >= 4 is 0 Å². The number of fused-ring (bicyclic) bond motifs is 3. The highest BCUT2D eigenvalue weighted by Gasteiger charge is 2.51. The van der Waals surface area contributed by atoms with E-state index in [1.165, 1.54) is 6.20 Å². The maximum Gasteiger partial charge on any atom is 0.460 e. The van der Waals surface area contributed by atoms with E-state index in [9.17, 15) is 13.2 Å². The van der Waals surface area contributed by atoms with Crippen molar-refractivity contribution in [3.63, 3.8) is 0 Å². The molecule has 2 aliphatic heterocycles. The van der Waals surface area contributed by atoms with E-state index in [2.05, 4.69) is 4.98 Å². The Bertz CT molecular complexity index is 435. The number of aromatic nitrogens is 1. The van der Waals surface area contributed by atoms with Crippen LogP contribution in [0.15, 0.2) is 18.3 Å². The van der Waals surface area contributed by atoms with Gasteiger partial charge in [0.05, 0.1) is 6.04 Å². The standard InChI is InChI=1S/C11H11F3N2O/c12-11(13,14)16-6-2-4-8-9(16)7-3-1-5-15-10(7)17-8/h1,3,5,8-9H,2,4,6H2. The highest BCUT2D eigenvalue weighted by Crippen LogP contribution is 2.46. The minimum Gasteiger partial charge on any atom is -0.472 e. The van der Waals surface area contributed by atoms with Crippen LogP contribution in [0.5, 0.6) is 5.88 Å². The average molecular weight is 244 g/mol. The van der Waals surface area contributed by atoms with Gasteiger partial charge in [-0.1, -0.05) is 6.07 Å². The molecule has 0 bridgehead atoms. The summed E-state index contributed by atoms with van der Waals surface area (Å²) in [6.07, 6.45) is -2.06. The van der Waals surface area contributed by atoms with Crippen molar-refractivity contribution in [1.29, 1.82) is 0 Å². The normalized spacial score (nSPS) is 28.4. The number of ether oxygens (including phenoxy) is 1. The molecule has 3 nitrogen and oxygen atoms in total. The van der Waals surface area contributed by atoms with E-state index in [0.29, 0.717) is 29.2 Å². The Kier molecular flexibility index (Phi) is 2.29. The van der Waals surface area contributed by atoms with Crippen molar-refractivity contribution in [1.82, 2.24) is 9.88 Å². The van der Waals surface area contributed by atoms with Gasteiger partial charge in [0.1, 0.15) is 6.10 Å². The molecule has 1 fully saturated rings. The Morgan fingerprint density at radius 3 is 3.00 bits per heavy atom. The van der Waals surface area contributed by atoms with Gasteiger partial charge >= 0.3 is 6.30 Å². The highest BCUT2D eigenvalue weighted by molar-refractivity contribution is 5.35. The molecular weight excluding hydrogens is 233 g/mol. The number of halogens is 3. The van der Waals surface area contributed by atoms with Crippen LogP contribution in [-0.2, 0) is 0 Å². The van der Waals surface area contributed by atoms with Gasteiger partial charge in [-0.15, -0.1) is 0 Å². The maximum absolute atomic E-state index is 12.9. The molecule has 0 N–H and O–H groups in total. The van der Waals surface area contributed by atoms with Crippen molar-refractivity contribution in [2.45, 2.75) is 31.3 Å². The van der Waals surface area contributed by atoms with E-state index in [1.54, 1.807) is 12.1 Å². The van der Waals surface area contributed by atoms with Crippen LogP contribution in [0.2, 0.25) is 0 Å². The van der Waals surface area contributed by atoms with Gasteiger partial charge in [0.2, 0.25) is 5.88 Å². The monoisotopic (exact) mass is 244 g/mol. The summed E-state index contributed by atoms with van der Waals surface area (Å²) in [5.74, 6) is 0.346. The lowest BCUT2D eigenvalue weighted by Gasteiger charge is -2.37. The third-order valence-corrected chi connectivity index (χ3v) is 3.28. The molecular formula is C11H11F3N2O. The zero-order chi connectivity index (χ0) is 12.0. The Hall–Kier alpha value is -1.30. The zero-order valence-electron chi connectivity index (χ0n) is 8.94. The summed E-state index contributed by atoms with van der Waals surface area (Å²) in [5.41, 5.74) is 0.550. The van der Waals surface area contributed by atoms with Crippen molar-refractivity contribution < 1.29 is 17.9 Å². The van der Waals surface area contributed by atoms with Gasteiger partial charge in [-0.25, -0.2) is 9.88 Å². The summed E-state index contributed by atoms with van der Waals surface area (Å²) in [6.45, 7) is 0.0301. The van der Waals surface area contributed by atoms with Crippen molar-refractivity contribution in [2.75, 3.05) is 6.54 Å². The molecule has 3 rings (SSSR count). The van der Waals surface area contributed by atoms with Crippen molar-refractivity contribution in [2.24, 2.45) is 0 Å². The van der Waals surface area contributed by atoms with Crippen molar-refractivity contribution in [3.8, 4) is 5.88 Å².